The van der Waals surface area contributed by atoms with Crippen LogP contribution < -0.4 is 5.32 Å². The molecule has 3 aromatic rings. The zero-order valence-corrected chi connectivity index (χ0v) is 20.3. The first kappa shape index (κ1) is 23.9. The maximum absolute atomic E-state index is 13.4. The average molecular weight is 492 g/mol. The van der Waals surface area contributed by atoms with Crippen molar-refractivity contribution in [2.75, 3.05) is 18.4 Å². The molecule has 1 N–H and O–H groups in total. The van der Waals surface area contributed by atoms with Gasteiger partial charge in [0.15, 0.2) is 5.11 Å². The van der Waals surface area contributed by atoms with Crippen molar-refractivity contribution in [1.82, 2.24) is 9.80 Å². The molecule has 1 aliphatic heterocycles. The molecule has 1 heterocycles. The first-order chi connectivity index (χ1) is 16.5. The summed E-state index contributed by atoms with van der Waals surface area (Å²) in [4.78, 5) is 29.8. The topological polar surface area (TPSA) is 52.7 Å². The standard InChI is InChI=1S/C27H26ClN3O2S/c28-22-11-13-23(14-12-22)29-25(32)19-24-26(33)31(18-16-21-9-5-2-6-10-21)27(34)30(24)17-15-20-7-3-1-4-8-20/h1-14,24H,15-19H2,(H,29,32). The Balaban J connectivity index is 1.47. The maximum Gasteiger partial charge on any atom is 0.252 e. The number of hydrogen-bond acceptors (Lipinski definition) is 3. The van der Waals surface area contributed by atoms with Crippen LogP contribution in [0.25, 0.3) is 0 Å². The Morgan fingerprint density at radius 3 is 2.00 bits per heavy atom. The summed E-state index contributed by atoms with van der Waals surface area (Å²) in [5, 5.41) is 3.94. The van der Waals surface area contributed by atoms with Crippen molar-refractivity contribution in [2.24, 2.45) is 0 Å². The highest BCUT2D eigenvalue weighted by molar-refractivity contribution is 7.80. The van der Waals surface area contributed by atoms with Gasteiger partial charge in [0.1, 0.15) is 6.04 Å². The molecule has 3 aromatic carbocycles. The Hall–Kier alpha value is -3.22. The van der Waals surface area contributed by atoms with Crippen LogP contribution in [-0.4, -0.2) is 45.9 Å². The van der Waals surface area contributed by atoms with Crippen molar-refractivity contribution in [1.29, 1.82) is 0 Å². The van der Waals surface area contributed by atoms with Gasteiger partial charge in [-0.1, -0.05) is 72.3 Å². The quantitative estimate of drug-likeness (QED) is 0.430. The zero-order chi connectivity index (χ0) is 23.9. The summed E-state index contributed by atoms with van der Waals surface area (Å²) in [6.45, 7) is 1.05. The fraction of sp³-hybridized carbons (Fsp3) is 0.222. The highest BCUT2D eigenvalue weighted by Crippen LogP contribution is 2.23. The smallest absolute Gasteiger partial charge is 0.252 e. The lowest BCUT2D eigenvalue weighted by Gasteiger charge is -2.24. The molecular formula is C27H26ClN3O2S. The third-order valence-electron chi connectivity index (χ3n) is 5.86. The van der Waals surface area contributed by atoms with E-state index in [1.54, 1.807) is 29.2 Å². The van der Waals surface area contributed by atoms with Crippen molar-refractivity contribution >= 4 is 46.4 Å². The molecule has 1 saturated heterocycles. The summed E-state index contributed by atoms with van der Waals surface area (Å²) in [6, 6.07) is 26.3. The van der Waals surface area contributed by atoms with E-state index in [0.717, 1.165) is 17.5 Å². The highest BCUT2D eigenvalue weighted by atomic mass is 35.5. The molecule has 174 valence electrons. The van der Waals surface area contributed by atoms with Gasteiger partial charge in [-0.3, -0.25) is 14.5 Å². The van der Waals surface area contributed by atoms with Gasteiger partial charge in [-0.05, 0) is 60.5 Å². The van der Waals surface area contributed by atoms with Crippen LogP contribution >= 0.6 is 23.8 Å². The molecule has 4 rings (SSSR count). The third kappa shape index (κ3) is 6.01. The Kier molecular flexibility index (Phi) is 7.93. The molecule has 0 saturated carbocycles. The first-order valence-corrected chi connectivity index (χ1v) is 12.0. The van der Waals surface area contributed by atoms with Crippen LogP contribution in [0.15, 0.2) is 84.9 Å². The van der Waals surface area contributed by atoms with E-state index < -0.39 is 6.04 Å². The van der Waals surface area contributed by atoms with Crippen LogP contribution in [0.2, 0.25) is 5.02 Å². The largest absolute Gasteiger partial charge is 0.336 e. The third-order valence-corrected chi connectivity index (χ3v) is 6.57. The van der Waals surface area contributed by atoms with Crippen LogP contribution in [0.5, 0.6) is 0 Å². The fourth-order valence-electron chi connectivity index (χ4n) is 4.05. The summed E-state index contributed by atoms with van der Waals surface area (Å²) < 4.78 is 0. The Morgan fingerprint density at radius 1 is 0.853 bits per heavy atom. The van der Waals surface area contributed by atoms with Crippen molar-refractivity contribution in [3.8, 4) is 0 Å². The van der Waals surface area contributed by atoms with Crippen molar-refractivity contribution in [2.45, 2.75) is 25.3 Å². The molecule has 34 heavy (non-hydrogen) atoms. The number of rotatable bonds is 9. The molecule has 1 unspecified atom stereocenters. The van der Waals surface area contributed by atoms with Crippen molar-refractivity contribution in [3.63, 3.8) is 0 Å². The van der Waals surface area contributed by atoms with Crippen LogP contribution in [0, 0.1) is 0 Å². The molecule has 0 aromatic heterocycles. The van der Waals surface area contributed by atoms with E-state index in [-0.39, 0.29) is 18.2 Å². The molecule has 0 bridgehead atoms. The minimum Gasteiger partial charge on any atom is -0.336 e. The number of anilines is 1. The van der Waals surface area contributed by atoms with Crippen LogP contribution in [-0.2, 0) is 22.4 Å². The number of benzene rings is 3. The number of thiocarbonyl (C=S) groups is 1. The van der Waals surface area contributed by atoms with Gasteiger partial charge in [0.25, 0.3) is 5.91 Å². The lowest BCUT2D eigenvalue weighted by atomic mass is 10.1. The molecule has 7 heteroatoms. The van der Waals surface area contributed by atoms with Crippen LogP contribution in [0.4, 0.5) is 5.69 Å². The second-order valence-corrected chi connectivity index (χ2v) is 9.01. The number of nitrogens with one attached hydrogen (secondary N) is 1. The fourth-order valence-corrected chi connectivity index (χ4v) is 4.58. The van der Waals surface area contributed by atoms with E-state index in [2.05, 4.69) is 17.4 Å². The van der Waals surface area contributed by atoms with E-state index >= 15 is 0 Å². The number of nitrogens with zero attached hydrogens (tertiary/aromatic N) is 2. The van der Waals surface area contributed by atoms with E-state index in [9.17, 15) is 9.59 Å². The zero-order valence-electron chi connectivity index (χ0n) is 18.7. The number of carbonyl (C=O) groups is 2. The van der Waals surface area contributed by atoms with Gasteiger partial charge in [0.2, 0.25) is 5.91 Å². The molecule has 0 aliphatic carbocycles. The second-order valence-electron chi connectivity index (χ2n) is 8.21. The monoisotopic (exact) mass is 491 g/mol. The number of carbonyl (C=O) groups excluding carboxylic acids is 2. The van der Waals surface area contributed by atoms with Crippen molar-refractivity contribution in [3.05, 3.63) is 101 Å². The van der Waals surface area contributed by atoms with Gasteiger partial charge in [0, 0.05) is 23.8 Å². The van der Waals surface area contributed by atoms with Crippen LogP contribution in [0.3, 0.4) is 0 Å². The van der Waals surface area contributed by atoms with E-state index in [0.29, 0.717) is 35.3 Å². The van der Waals surface area contributed by atoms with Crippen LogP contribution in [0.1, 0.15) is 17.5 Å². The Bertz CT molecular complexity index is 1140. The lowest BCUT2D eigenvalue weighted by Crippen LogP contribution is -2.39. The molecule has 2 amide bonds. The normalized spacial score (nSPS) is 15.6. The molecule has 1 fully saturated rings. The maximum atomic E-state index is 13.4. The number of amides is 2. The second kappa shape index (κ2) is 11.3. The van der Waals surface area contributed by atoms with Gasteiger partial charge in [0.05, 0.1) is 6.42 Å². The predicted octanol–water partition coefficient (Wildman–Crippen LogP) is 4.95. The van der Waals surface area contributed by atoms with E-state index in [1.165, 1.54) is 0 Å². The van der Waals surface area contributed by atoms with Crippen molar-refractivity contribution < 1.29 is 9.59 Å². The molecule has 1 atom stereocenters. The summed E-state index contributed by atoms with van der Waals surface area (Å²) >= 11 is 11.7. The number of hydrogen-bond donors (Lipinski definition) is 1. The Morgan fingerprint density at radius 2 is 1.41 bits per heavy atom. The molecule has 1 aliphatic rings. The van der Waals surface area contributed by atoms with E-state index in [4.69, 9.17) is 23.8 Å². The van der Waals surface area contributed by atoms with Gasteiger partial charge >= 0.3 is 0 Å². The number of halogens is 1. The summed E-state index contributed by atoms with van der Waals surface area (Å²) in [6.07, 6.45) is 1.46. The Labute approximate surface area is 210 Å². The van der Waals surface area contributed by atoms with Gasteiger partial charge in [-0.2, -0.15) is 0 Å². The average Bonchev–Trinajstić information content (AvgIpc) is 3.07. The molecule has 0 radical (unpaired) electrons. The summed E-state index contributed by atoms with van der Waals surface area (Å²) in [5.74, 6) is -0.363. The van der Waals surface area contributed by atoms with E-state index in [1.807, 2.05) is 53.4 Å². The molecule has 0 spiro atoms. The summed E-state index contributed by atoms with van der Waals surface area (Å²) in [5.41, 5.74) is 2.93. The lowest BCUT2D eigenvalue weighted by molar-refractivity contribution is -0.130. The SMILES string of the molecule is O=C(CC1C(=O)N(CCc2ccccc2)C(=S)N1CCc1ccccc1)Nc1ccc(Cl)cc1. The highest BCUT2D eigenvalue weighted by Gasteiger charge is 2.42. The minimum atomic E-state index is -0.626. The summed E-state index contributed by atoms with van der Waals surface area (Å²) in [7, 11) is 0. The van der Waals surface area contributed by atoms with Gasteiger partial charge in [-0.25, -0.2) is 0 Å². The molecule has 5 nitrogen and oxygen atoms in total. The molecular weight excluding hydrogens is 466 g/mol. The van der Waals surface area contributed by atoms with Gasteiger partial charge in [-0.15, -0.1) is 0 Å². The minimum absolute atomic E-state index is 0.0260. The first-order valence-electron chi connectivity index (χ1n) is 11.3. The van der Waals surface area contributed by atoms with Gasteiger partial charge < -0.3 is 10.2 Å². The predicted molar refractivity (Wildman–Crippen MR) is 140 cm³/mol.